The molecule has 1 aromatic heterocycles. The molecule has 1 heterocycles. The summed E-state index contributed by atoms with van der Waals surface area (Å²) in [6.45, 7) is 0.383. The second-order valence-electron chi connectivity index (χ2n) is 3.40. The Hall–Kier alpha value is -1.73. The van der Waals surface area contributed by atoms with Crippen molar-refractivity contribution in [2.45, 2.75) is 6.54 Å². The summed E-state index contributed by atoms with van der Waals surface area (Å²) < 4.78 is 31.5. The van der Waals surface area contributed by atoms with Crippen molar-refractivity contribution in [3.05, 3.63) is 34.7 Å². The molecule has 1 aromatic carbocycles. The minimum absolute atomic E-state index is 0.0207. The van der Waals surface area contributed by atoms with E-state index in [0.717, 1.165) is 6.07 Å². The molecule has 0 aliphatic rings. The molecule has 2 aromatic rings. The van der Waals surface area contributed by atoms with Crippen molar-refractivity contribution < 1.29 is 13.2 Å². The van der Waals surface area contributed by atoms with Crippen molar-refractivity contribution in [2.75, 3.05) is 12.4 Å². The van der Waals surface area contributed by atoms with Crippen molar-refractivity contribution in [1.82, 2.24) is 15.5 Å². The Kier molecular flexibility index (Phi) is 3.73. The molecule has 18 heavy (non-hydrogen) atoms. The summed E-state index contributed by atoms with van der Waals surface area (Å²) in [6.07, 6.45) is 0. The summed E-state index contributed by atoms with van der Waals surface area (Å²) in [5.74, 6) is -1.27. The molecule has 5 nitrogen and oxygen atoms in total. The molecular formula is C10H9ClF2N4O. The molecule has 8 heteroatoms. The first-order valence-electron chi connectivity index (χ1n) is 4.98. The van der Waals surface area contributed by atoms with E-state index in [1.807, 2.05) is 0 Å². The highest BCUT2D eigenvalue weighted by Gasteiger charge is 2.13. The zero-order valence-corrected chi connectivity index (χ0v) is 10.1. The molecule has 0 amide bonds. The topological polar surface area (TPSA) is 63.0 Å². The van der Waals surface area contributed by atoms with Gasteiger partial charge >= 0.3 is 6.01 Å². The van der Waals surface area contributed by atoms with Crippen molar-refractivity contribution >= 4 is 23.3 Å². The zero-order valence-electron chi connectivity index (χ0n) is 9.30. The minimum Gasteiger partial charge on any atom is -0.406 e. The molecule has 0 radical (unpaired) electrons. The third-order valence-electron chi connectivity index (χ3n) is 2.03. The van der Waals surface area contributed by atoms with Crippen LogP contribution in [0.2, 0.25) is 5.02 Å². The van der Waals surface area contributed by atoms with Gasteiger partial charge in [0.1, 0.15) is 5.82 Å². The highest BCUT2D eigenvalue weighted by molar-refractivity contribution is 6.33. The van der Waals surface area contributed by atoms with Crippen LogP contribution in [0, 0.1) is 11.6 Å². The molecule has 0 spiro atoms. The van der Waals surface area contributed by atoms with Crippen LogP contribution in [0.15, 0.2) is 16.5 Å². The van der Waals surface area contributed by atoms with Gasteiger partial charge < -0.3 is 15.1 Å². The number of hydrogen-bond donors (Lipinski definition) is 2. The monoisotopic (exact) mass is 274 g/mol. The van der Waals surface area contributed by atoms with Crippen LogP contribution in [-0.4, -0.2) is 17.2 Å². The van der Waals surface area contributed by atoms with Crippen LogP contribution < -0.4 is 10.6 Å². The van der Waals surface area contributed by atoms with Gasteiger partial charge in [0.15, 0.2) is 5.82 Å². The maximum Gasteiger partial charge on any atom is 0.320 e. The molecule has 2 rings (SSSR count). The van der Waals surface area contributed by atoms with Gasteiger partial charge in [0, 0.05) is 6.07 Å². The lowest BCUT2D eigenvalue weighted by Gasteiger charge is -2.05. The fourth-order valence-electron chi connectivity index (χ4n) is 1.30. The SMILES string of the molecule is CNCc1nnc(Nc2c(F)cc(F)cc2Cl)o1. The Morgan fingerprint density at radius 2 is 2.11 bits per heavy atom. The smallest absolute Gasteiger partial charge is 0.320 e. The number of benzene rings is 1. The number of halogens is 3. The Bertz CT molecular complexity index is 538. The van der Waals surface area contributed by atoms with Gasteiger partial charge in [-0.1, -0.05) is 16.7 Å². The van der Waals surface area contributed by atoms with E-state index in [4.69, 9.17) is 16.0 Å². The van der Waals surface area contributed by atoms with Crippen LogP contribution in [0.3, 0.4) is 0 Å². The van der Waals surface area contributed by atoms with Gasteiger partial charge in [-0.05, 0) is 13.1 Å². The molecule has 0 atom stereocenters. The van der Waals surface area contributed by atoms with E-state index in [2.05, 4.69) is 20.8 Å². The number of hydrogen-bond acceptors (Lipinski definition) is 5. The Labute approximate surface area is 106 Å². The summed E-state index contributed by atoms with van der Waals surface area (Å²) in [6, 6.07) is 1.67. The highest BCUT2D eigenvalue weighted by atomic mass is 35.5. The van der Waals surface area contributed by atoms with Gasteiger partial charge in [-0.25, -0.2) is 8.78 Å². The summed E-state index contributed by atoms with van der Waals surface area (Å²) in [5.41, 5.74) is -0.113. The van der Waals surface area contributed by atoms with Crippen molar-refractivity contribution in [1.29, 1.82) is 0 Å². The van der Waals surface area contributed by atoms with Gasteiger partial charge in [-0.15, -0.1) is 5.10 Å². The van der Waals surface area contributed by atoms with Gasteiger partial charge in [0.05, 0.1) is 17.3 Å². The Morgan fingerprint density at radius 1 is 1.33 bits per heavy atom. The molecular weight excluding hydrogens is 266 g/mol. The summed E-state index contributed by atoms with van der Waals surface area (Å²) in [5, 5.41) is 12.6. The number of aromatic nitrogens is 2. The van der Waals surface area contributed by atoms with Crippen LogP contribution >= 0.6 is 11.6 Å². The lowest BCUT2D eigenvalue weighted by molar-refractivity contribution is 0.492. The van der Waals surface area contributed by atoms with Crippen LogP contribution in [0.4, 0.5) is 20.5 Å². The highest BCUT2D eigenvalue weighted by Crippen LogP contribution is 2.28. The largest absolute Gasteiger partial charge is 0.406 e. The van der Waals surface area contributed by atoms with E-state index in [1.165, 1.54) is 0 Å². The fourth-order valence-corrected chi connectivity index (χ4v) is 1.54. The predicted octanol–water partition coefficient (Wildman–Crippen LogP) is 2.46. The van der Waals surface area contributed by atoms with Gasteiger partial charge in [-0.3, -0.25) is 0 Å². The number of nitrogens with one attached hydrogen (secondary N) is 2. The first-order valence-corrected chi connectivity index (χ1v) is 5.36. The molecule has 0 fully saturated rings. The molecule has 0 saturated heterocycles. The van der Waals surface area contributed by atoms with Crippen LogP contribution in [0.5, 0.6) is 0 Å². The third-order valence-corrected chi connectivity index (χ3v) is 2.33. The molecule has 0 aliphatic carbocycles. The number of nitrogens with zero attached hydrogens (tertiary/aromatic N) is 2. The van der Waals surface area contributed by atoms with E-state index < -0.39 is 11.6 Å². The average molecular weight is 275 g/mol. The standard InChI is InChI=1S/C10H9ClF2N4O/c1-14-4-8-16-17-10(18-8)15-9-6(11)2-5(12)3-7(9)13/h2-3,14H,4H2,1H3,(H,15,17). The van der Waals surface area contributed by atoms with E-state index in [0.29, 0.717) is 18.5 Å². The van der Waals surface area contributed by atoms with Crippen molar-refractivity contribution in [2.24, 2.45) is 0 Å². The van der Waals surface area contributed by atoms with E-state index in [-0.39, 0.29) is 16.7 Å². The second kappa shape index (κ2) is 5.28. The van der Waals surface area contributed by atoms with Gasteiger partial charge in [0.25, 0.3) is 0 Å². The molecule has 0 aliphatic heterocycles. The van der Waals surface area contributed by atoms with E-state index in [9.17, 15) is 8.78 Å². The molecule has 96 valence electrons. The maximum absolute atomic E-state index is 13.5. The first-order chi connectivity index (χ1) is 8.60. The Morgan fingerprint density at radius 3 is 2.78 bits per heavy atom. The first kappa shape index (κ1) is 12.7. The molecule has 2 N–H and O–H groups in total. The Balaban J connectivity index is 2.22. The average Bonchev–Trinajstić information content (AvgIpc) is 2.72. The van der Waals surface area contributed by atoms with Crippen molar-refractivity contribution in [3.63, 3.8) is 0 Å². The predicted molar refractivity (Wildman–Crippen MR) is 61.7 cm³/mol. The summed E-state index contributed by atoms with van der Waals surface area (Å²) in [7, 11) is 1.72. The van der Waals surface area contributed by atoms with Gasteiger partial charge in [-0.2, -0.15) is 0 Å². The quantitative estimate of drug-likeness (QED) is 0.897. The van der Waals surface area contributed by atoms with E-state index in [1.54, 1.807) is 7.05 Å². The maximum atomic E-state index is 13.5. The lowest BCUT2D eigenvalue weighted by Crippen LogP contribution is -2.04. The normalized spacial score (nSPS) is 10.7. The number of rotatable bonds is 4. The molecule has 0 saturated carbocycles. The third kappa shape index (κ3) is 2.74. The minimum atomic E-state index is -0.839. The number of anilines is 2. The zero-order chi connectivity index (χ0) is 13.1. The van der Waals surface area contributed by atoms with E-state index >= 15 is 0 Å². The molecule has 0 unspecified atom stereocenters. The summed E-state index contributed by atoms with van der Waals surface area (Å²) >= 11 is 5.71. The summed E-state index contributed by atoms with van der Waals surface area (Å²) in [4.78, 5) is 0. The van der Waals surface area contributed by atoms with Crippen molar-refractivity contribution in [3.8, 4) is 0 Å². The fraction of sp³-hybridized carbons (Fsp3) is 0.200. The van der Waals surface area contributed by atoms with Crippen LogP contribution in [0.1, 0.15) is 5.89 Å². The second-order valence-corrected chi connectivity index (χ2v) is 3.81. The molecule has 0 bridgehead atoms. The lowest BCUT2D eigenvalue weighted by atomic mass is 10.3. The van der Waals surface area contributed by atoms with Gasteiger partial charge in [0.2, 0.25) is 5.89 Å². The van der Waals surface area contributed by atoms with Crippen LogP contribution in [0.25, 0.3) is 0 Å². The van der Waals surface area contributed by atoms with Crippen LogP contribution in [-0.2, 0) is 6.54 Å².